The number of unbranched alkanes of at least 4 members (excludes halogenated alkanes) is 14. The number of carbonyl (C=O) groups is 1. The maximum Gasteiger partial charge on any atom is 1.00 e. The summed E-state index contributed by atoms with van der Waals surface area (Å²) in [5, 5.41) is 17.5. The fourth-order valence-corrected chi connectivity index (χ4v) is 2.65. The summed E-state index contributed by atoms with van der Waals surface area (Å²) in [6, 6.07) is 0. The molecule has 0 fully saturated rings. The zero-order valence-corrected chi connectivity index (χ0v) is 17.9. The largest absolute Gasteiger partial charge is 1.00 e. The molecule has 1 N–H and O–H groups in total. The van der Waals surface area contributed by atoms with Crippen molar-refractivity contribution < 1.29 is 39.5 Å². The van der Waals surface area contributed by atoms with Crippen LogP contribution in [-0.4, -0.2) is 11.1 Å². The Morgan fingerprint density at radius 2 is 1.00 bits per heavy atom. The molecule has 0 saturated carbocycles. The zero-order chi connectivity index (χ0) is 17.6. The van der Waals surface area contributed by atoms with Crippen LogP contribution in [0.25, 0.3) is 0 Å². The van der Waals surface area contributed by atoms with Gasteiger partial charge in [0.15, 0.2) is 0 Å². The van der Waals surface area contributed by atoms with Crippen LogP contribution < -0.4 is 29.6 Å². The van der Waals surface area contributed by atoms with Gasteiger partial charge in [0, 0.05) is 6.42 Å². The molecule has 0 amide bonds. The van der Waals surface area contributed by atoms with Gasteiger partial charge in [-0.1, -0.05) is 96.8 Å². The molecule has 0 atom stereocenters. The Morgan fingerprint density at radius 1 is 0.750 bits per heavy atom. The molecule has 5 nitrogen and oxygen atoms in total. The third kappa shape index (κ3) is 33.5. The van der Waals surface area contributed by atoms with Gasteiger partial charge in [-0.25, -0.2) is 0 Å². The maximum atomic E-state index is 10.3. The van der Waals surface area contributed by atoms with E-state index in [1.807, 2.05) is 0 Å². The monoisotopic (exact) mass is 353 g/mol. The van der Waals surface area contributed by atoms with Crippen molar-refractivity contribution >= 4 is 5.97 Å². The second-order valence-electron chi connectivity index (χ2n) is 6.17. The smallest absolute Gasteiger partial charge is 0.481 e. The van der Waals surface area contributed by atoms with E-state index in [1.54, 1.807) is 0 Å². The van der Waals surface area contributed by atoms with Crippen LogP contribution in [0, 0.1) is 10.1 Å². The van der Waals surface area contributed by atoms with Crippen LogP contribution >= 0.6 is 0 Å². The molecule has 24 heavy (non-hydrogen) atoms. The Morgan fingerprint density at radius 3 is 1.25 bits per heavy atom. The Balaban J connectivity index is -0.00000102. The molecule has 0 saturated heterocycles. The van der Waals surface area contributed by atoms with Crippen LogP contribution in [0.2, 0.25) is 0 Å². The first-order chi connectivity index (χ1) is 11.2. The van der Waals surface area contributed by atoms with E-state index < -0.39 is 5.97 Å². The molecule has 0 aliphatic carbocycles. The first-order valence-corrected chi connectivity index (χ1v) is 9.35. The molecular weight excluding hydrogens is 317 g/mol. The molecule has 0 heterocycles. The zero-order valence-electron chi connectivity index (χ0n) is 15.9. The Kier molecular flexibility index (Phi) is 33.1. The number of hydrogen-bond donors (Lipinski definition) is 1. The number of rotatable bonds is 16. The number of carboxylic acid groups (broad SMARTS) is 1. The van der Waals surface area contributed by atoms with Gasteiger partial charge in [0.25, 0.3) is 0 Å². The molecule has 0 aliphatic heterocycles. The van der Waals surface area contributed by atoms with E-state index >= 15 is 0 Å². The molecule has 0 bridgehead atoms. The van der Waals surface area contributed by atoms with Gasteiger partial charge in [0.2, 0.25) is 0 Å². The summed E-state index contributed by atoms with van der Waals surface area (Å²) >= 11 is 0. The van der Waals surface area contributed by atoms with Crippen molar-refractivity contribution in [3.63, 3.8) is 0 Å². The fraction of sp³-hybridized carbons (Fsp3) is 0.944. The molecule has 138 valence electrons. The van der Waals surface area contributed by atoms with Crippen molar-refractivity contribution in [3.8, 4) is 0 Å². The molecule has 0 aliphatic rings. The Labute approximate surface area is 170 Å². The van der Waals surface area contributed by atoms with E-state index in [0.29, 0.717) is 6.42 Å². The van der Waals surface area contributed by atoms with Gasteiger partial charge < -0.3 is 15.2 Å². The SMILES string of the molecule is CCCCCCCCCCCCCCCCCC(=O)O.O=N[O-].[Na+]. The van der Waals surface area contributed by atoms with Crippen molar-refractivity contribution in [2.75, 3.05) is 0 Å². The van der Waals surface area contributed by atoms with Crippen molar-refractivity contribution in [2.45, 2.75) is 110 Å². The molecule has 0 aromatic carbocycles. The van der Waals surface area contributed by atoms with Crippen LogP contribution in [0.4, 0.5) is 0 Å². The van der Waals surface area contributed by atoms with E-state index in [4.69, 9.17) is 15.2 Å². The van der Waals surface area contributed by atoms with Crippen LogP contribution in [0.5, 0.6) is 0 Å². The van der Waals surface area contributed by atoms with Gasteiger partial charge >= 0.3 is 35.5 Å². The first kappa shape index (κ1) is 28.7. The van der Waals surface area contributed by atoms with Crippen molar-refractivity contribution in [1.82, 2.24) is 0 Å². The van der Waals surface area contributed by atoms with Gasteiger partial charge in [-0.2, -0.15) is 0 Å². The fourth-order valence-electron chi connectivity index (χ4n) is 2.65. The van der Waals surface area contributed by atoms with Gasteiger partial charge in [-0.3, -0.25) is 4.79 Å². The van der Waals surface area contributed by atoms with Crippen molar-refractivity contribution in [2.24, 2.45) is 5.34 Å². The van der Waals surface area contributed by atoms with Crippen molar-refractivity contribution in [1.29, 1.82) is 0 Å². The number of hydrogen-bond acceptors (Lipinski definition) is 4. The van der Waals surface area contributed by atoms with Crippen LogP contribution in [0.3, 0.4) is 0 Å². The summed E-state index contributed by atoms with van der Waals surface area (Å²) in [4.78, 5) is 18.3. The van der Waals surface area contributed by atoms with Crippen LogP contribution in [0.1, 0.15) is 110 Å². The molecular formula is C18H36NNaO4. The summed E-state index contributed by atoms with van der Waals surface area (Å²) in [6.45, 7) is 2.27. The minimum absolute atomic E-state index is 0. The Hall–Kier alpha value is -0.130. The quantitative estimate of drug-likeness (QED) is 0.199. The van der Waals surface area contributed by atoms with Gasteiger partial charge in [0.1, 0.15) is 0 Å². The number of aliphatic carboxylic acids is 1. The van der Waals surface area contributed by atoms with Crippen LogP contribution in [0.15, 0.2) is 5.34 Å². The van der Waals surface area contributed by atoms with E-state index in [1.165, 1.54) is 83.5 Å². The van der Waals surface area contributed by atoms with Gasteiger partial charge in [-0.05, 0) is 6.42 Å². The summed E-state index contributed by atoms with van der Waals surface area (Å²) in [5.74, 6) is -0.653. The summed E-state index contributed by atoms with van der Waals surface area (Å²) in [5.41, 5.74) is 0. The minimum atomic E-state index is -0.653. The number of carboxylic acids is 1. The molecule has 0 rings (SSSR count). The number of nitrogens with zero attached hydrogens (tertiary/aromatic N) is 1. The summed E-state index contributed by atoms with van der Waals surface area (Å²) in [7, 11) is 0. The average Bonchev–Trinajstić information content (AvgIpc) is 2.51. The van der Waals surface area contributed by atoms with E-state index in [9.17, 15) is 4.79 Å². The molecule has 6 heteroatoms. The van der Waals surface area contributed by atoms with E-state index in [-0.39, 0.29) is 29.6 Å². The molecule has 0 spiro atoms. The van der Waals surface area contributed by atoms with Gasteiger partial charge in [-0.15, -0.1) is 5.34 Å². The standard InChI is InChI=1S/C18H36O2.HNO2.Na/c1-2-3-4-5-6-7-8-9-10-11-12-13-14-15-16-17-18(19)20;2-1-3;/h2-17H2,1H3,(H,19,20);(H,2,3);/q;;+1/p-1. The van der Waals surface area contributed by atoms with Gasteiger partial charge in [0.05, 0.1) is 0 Å². The maximum absolute atomic E-state index is 10.3. The van der Waals surface area contributed by atoms with Crippen molar-refractivity contribution in [3.05, 3.63) is 10.1 Å². The molecule has 0 unspecified atom stereocenters. The third-order valence-electron chi connectivity index (χ3n) is 3.99. The summed E-state index contributed by atoms with van der Waals surface area (Å²) in [6.07, 6.45) is 20.2. The van der Waals surface area contributed by atoms with E-state index in [0.717, 1.165) is 18.2 Å². The van der Waals surface area contributed by atoms with E-state index in [2.05, 4.69) is 6.92 Å². The molecule has 0 radical (unpaired) electrons. The summed E-state index contributed by atoms with van der Waals surface area (Å²) < 4.78 is 0. The second kappa shape index (κ2) is 27.7. The molecule has 0 aromatic heterocycles. The minimum Gasteiger partial charge on any atom is -0.481 e. The second-order valence-corrected chi connectivity index (χ2v) is 6.17. The topological polar surface area (TPSA) is 89.8 Å². The van der Waals surface area contributed by atoms with Crippen LogP contribution in [-0.2, 0) is 4.79 Å². The normalized spacial score (nSPS) is 9.54. The predicted molar refractivity (Wildman–Crippen MR) is 96.3 cm³/mol. The predicted octanol–water partition coefficient (Wildman–Crippen LogP) is 3.59. The Bertz CT molecular complexity index is 253. The molecule has 0 aromatic rings. The third-order valence-corrected chi connectivity index (χ3v) is 3.99. The first-order valence-electron chi connectivity index (χ1n) is 9.35. The average molecular weight is 353 g/mol.